The van der Waals surface area contributed by atoms with Gasteiger partial charge in [-0.25, -0.2) is 0 Å². The molecule has 0 fully saturated rings. The smallest absolute Gasteiger partial charge is 0.530 e. The fourth-order valence-corrected chi connectivity index (χ4v) is 1.38. The van der Waals surface area contributed by atoms with Crippen LogP contribution < -0.4 is 56.7 Å². The molecule has 0 aromatic rings. The van der Waals surface area contributed by atoms with Crippen LogP contribution in [0.3, 0.4) is 0 Å². The maximum absolute atomic E-state index is 11.3. The fourth-order valence-electron chi connectivity index (χ4n) is 1.38. The van der Waals surface area contributed by atoms with Gasteiger partial charge in [-0.15, -0.1) is 0 Å². The summed E-state index contributed by atoms with van der Waals surface area (Å²) < 4.78 is 0. The van der Waals surface area contributed by atoms with E-state index in [4.69, 9.17) is 0 Å². The van der Waals surface area contributed by atoms with E-state index in [0.717, 1.165) is 38.5 Å². The Balaban J connectivity index is 0. The predicted octanol–water partition coefficient (Wildman–Crippen LogP) is -0.787. The van der Waals surface area contributed by atoms with E-state index < -0.39 is 0 Å². The number of amides is 1. The summed E-state index contributed by atoms with van der Waals surface area (Å²) in [5, 5.41) is 2.51. The van der Waals surface area contributed by atoms with Crippen LogP contribution in [0.5, 0.6) is 0 Å². The van der Waals surface area contributed by atoms with Crippen molar-refractivity contribution in [3.63, 3.8) is 0 Å². The minimum absolute atomic E-state index is 0. The van der Waals surface area contributed by atoms with E-state index in [9.17, 15) is 9.59 Å². The van der Waals surface area contributed by atoms with Crippen LogP contribution >= 0.6 is 0 Å². The molecule has 0 aliphatic rings. The van der Waals surface area contributed by atoms with E-state index in [-0.39, 0.29) is 57.3 Å². The van der Waals surface area contributed by atoms with E-state index >= 15 is 0 Å². The van der Waals surface area contributed by atoms with Crippen LogP contribution in [0.2, 0.25) is 0 Å². The second-order valence-corrected chi connectivity index (χ2v) is 4.17. The first-order valence-corrected chi connectivity index (χ1v) is 5.81. The third-order valence-corrected chi connectivity index (χ3v) is 2.44. The average Bonchev–Trinajstić information content (AvgIpc) is 2.21. The average molecular weight is 251 g/mol. The predicted molar refractivity (Wildman–Crippen MR) is 61.2 cm³/mol. The fraction of sp³-hybridized carbons (Fsp3) is 0.833. The summed E-state index contributed by atoms with van der Waals surface area (Å²) in [6.07, 6.45) is 7.76. The zero-order valence-corrected chi connectivity index (χ0v) is 14.0. The molecule has 0 spiro atoms. The Morgan fingerprint density at radius 2 is 1.69 bits per heavy atom. The van der Waals surface area contributed by atoms with Gasteiger partial charge in [-0.2, -0.15) is 6.41 Å². The zero-order chi connectivity index (χ0) is 11.5. The monoisotopic (exact) mass is 251 g/mol. The Bertz CT molecular complexity index is 184. The van der Waals surface area contributed by atoms with Crippen LogP contribution in [0, 0.1) is 5.92 Å². The van der Waals surface area contributed by atoms with Gasteiger partial charge < -0.3 is 10.1 Å². The van der Waals surface area contributed by atoms with Gasteiger partial charge >= 0.3 is 51.4 Å². The molecule has 0 atom stereocenters. The Morgan fingerprint density at radius 1 is 1.12 bits per heavy atom. The first kappa shape index (κ1) is 19.1. The number of carbonyl (C=O) groups is 1. The molecule has 3 nitrogen and oxygen atoms in total. The Kier molecular flexibility index (Phi) is 16.5. The van der Waals surface area contributed by atoms with Crippen LogP contribution in [0.4, 0.5) is 0 Å². The summed E-state index contributed by atoms with van der Waals surface area (Å²) in [4.78, 5) is 21.1. The standard InChI is InChI=1S/C12H22NO2.K/c1-11(2)12(15)8-6-4-3-5-7-9-13-10-14;/h11H,3-9H2,1-2H3,(H,13,14);/q-1;+1. The van der Waals surface area contributed by atoms with Gasteiger partial charge in [0.2, 0.25) is 0 Å². The van der Waals surface area contributed by atoms with Crippen LogP contribution in [0.25, 0.3) is 0 Å². The van der Waals surface area contributed by atoms with Gasteiger partial charge in [0.25, 0.3) is 0 Å². The van der Waals surface area contributed by atoms with Crippen molar-refractivity contribution >= 4 is 12.2 Å². The van der Waals surface area contributed by atoms with Crippen molar-refractivity contribution in [2.75, 3.05) is 6.54 Å². The molecule has 16 heavy (non-hydrogen) atoms. The van der Waals surface area contributed by atoms with Gasteiger partial charge in [0.1, 0.15) is 5.78 Å². The molecule has 0 aliphatic carbocycles. The van der Waals surface area contributed by atoms with Crippen molar-refractivity contribution in [1.29, 1.82) is 0 Å². The molecule has 0 aromatic carbocycles. The zero-order valence-electron chi connectivity index (χ0n) is 10.8. The van der Waals surface area contributed by atoms with Gasteiger partial charge in [-0.05, 0) is 19.4 Å². The Labute approximate surface area is 142 Å². The summed E-state index contributed by atoms with van der Waals surface area (Å²) in [5.74, 6) is 0.546. The van der Waals surface area contributed by atoms with E-state index in [1.807, 2.05) is 13.8 Å². The molecule has 0 rings (SSSR count). The molecule has 0 radical (unpaired) electrons. The van der Waals surface area contributed by atoms with E-state index in [2.05, 4.69) is 5.32 Å². The number of hydrogen-bond acceptors (Lipinski definition) is 2. The number of unbranched alkanes of at least 4 members (excludes halogenated alkanes) is 4. The van der Waals surface area contributed by atoms with Crippen molar-refractivity contribution in [3.05, 3.63) is 0 Å². The van der Waals surface area contributed by atoms with Gasteiger partial charge in [0.05, 0.1) is 0 Å². The minimum atomic E-state index is 0. The Hall–Kier alpha value is 0.776. The number of hydrogen-bond donors (Lipinski definition) is 1. The molecule has 1 amide bonds. The summed E-state index contributed by atoms with van der Waals surface area (Å²) in [6, 6.07) is 0. The summed E-state index contributed by atoms with van der Waals surface area (Å²) in [5.41, 5.74) is 0. The molecule has 1 N–H and O–H groups in total. The largest absolute Gasteiger partial charge is 1.00 e. The van der Waals surface area contributed by atoms with Crippen molar-refractivity contribution in [2.45, 2.75) is 52.4 Å². The molecule has 0 saturated carbocycles. The first-order chi connectivity index (χ1) is 7.18. The molecule has 0 bridgehead atoms. The van der Waals surface area contributed by atoms with E-state index in [0.29, 0.717) is 12.3 Å². The molecule has 4 heteroatoms. The number of nitrogens with one attached hydrogen (secondary N) is 1. The second-order valence-electron chi connectivity index (χ2n) is 4.17. The van der Waals surface area contributed by atoms with Crippen molar-refractivity contribution in [3.8, 4) is 0 Å². The molecule has 0 saturated heterocycles. The number of ketones is 1. The van der Waals surface area contributed by atoms with Crippen molar-refractivity contribution in [1.82, 2.24) is 5.32 Å². The third-order valence-electron chi connectivity index (χ3n) is 2.44. The normalized spacial score (nSPS) is 9.69. The van der Waals surface area contributed by atoms with Gasteiger partial charge in [-0.1, -0.05) is 33.1 Å². The Morgan fingerprint density at radius 3 is 2.25 bits per heavy atom. The first-order valence-electron chi connectivity index (χ1n) is 5.81. The van der Waals surface area contributed by atoms with E-state index in [1.165, 1.54) is 0 Å². The molecule has 0 aromatic heterocycles. The molecule has 88 valence electrons. The summed E-state index contributed by atoms with van der Waals surface area (Å²) >= 11 is 0. The number of rotatable bonds is 10. The van der Waals surface area contributed by atoms with Crippen molar-refractivity contribution < 1.29 is 61.0 Å². The van der Waals surface area contributed by atoms with Gasteiger partial charge in [0.15, 0.2) is 0 Å². The van der Waals surface area contributed by atoms with Crippen LogP contribution in [0.15, 0.2) is 0 Å². The van der Waals surface area contributed by atoms with Crippen LogP contribution in [-0.4, -0.2) is 18.7 Å². The number of carbonyl (C=O) groups excluding carboxylic acids is 2. The molecule has 0 aliphatic heterocycles. The van der Waals surface area contributed by atoms with Crippen molar-refractivity contribution in [2.24, 2.45) is 5.92 Å². The molecular weight excluding hydrogens is 229 g/mol. The maximum atomic E-state index is 11.3. The SMILES string of the molecule is CC(C)C(=O)CCCCCCCN[C-]=O.[K+]. The maximum Gasteiger partial charge on any atom is 1.00 e. The summed E-state index contributed by atoms with van der Waals surface area (Å²) in [7, 11) is 0. The third kappa shape index (κ3) is 12.8. The van der Waals surface area contributed by atoms with E-state index in [1.54, 1.807) is 6.41 Å². The number of Topliss-reactive ketones (excluding diaryl/α,β-unsaturated/α-hetero) is 1. The van der Waals surface area contributed by atoms with Crippen LogP contribution in [-0.2, 0) is 9.59 Å². The van der Waals surface area contributed by atoms with Gasteiger partial charge in [0, 0.05) is 12.3 Å². The molecule has 0 unspecified atom stereocenters. The molecule has 0 heterocycles. The topological polar surface area (TPSA) is 46.2 Å². The second kappa shape index (κ2) is 13.8. The van der Waals surface area contributed by atoms with Crippen LogP contribution in [0.1, 0.15) is 52.4 Å². The minimum Gasteiger partial charge on any atom is -0.530 e. The summed E-state index contributed by atoms with van der Waals surface area (Å²) in [6.45, 7) is 4.61. The van der Waals surface area contributed by atoms with Gasteiger partial charge in [-0.3, -0.25) is 4.79 Å². The molecular formula is C12H22KNO2. The quantitative estimate of drug-likeness (QED) is 0.239.